The minimum Gasteiger partial charge on any atom is -0.348 e. The maximum atomic E-state index is 13.2. The van der Waals surface area contributed by atoms with Crippen LogP contribution in [0.2, 0.25) is 0 Å². The van der Waals surface area contributed by atoms with Crippen LogP contribution in [0.25, 0.3) is 11.0 Å². The van der Waals surface area contributed by atoms with Gasteiger partial charge in [-0.05, 0) is 57.7 Å². The lowest BCUT2D eigenvalue weighted by molar-refractivity contribution is 0.0952. The lowest BCUT2D eigenvalue weighted by Crippen LogP contribution is -2.28. The van der Waals surface area contributed by atoms with Gasteiger partial charge in [0.05, 0.1) is 17.1 Å². The lowest BCUT2D eigenvalue weighted by Gasteiger charge is -2.12. The highest BCUT2D eigenvalue weighted by Gasteiger charge is 2.28. The number of hydrogen-bond acceptors (Lipinski definition) is 4. The Bertz CT molecular complexity index is 1150. The zero-order chi connectivity index (χ0) is 21.4. The number of aryl methyl sites for hydroxylation is 2. The summed E-state index contributed by atoms with van der Waals surface area (Å²) in [7, 11) is 0. The Morgan fingerprint density at radius 2 is 2.10 bits per heavy atom. The van der Waals surface area contributed by atoms with E-state index in [4.69, 9.17) is 4.98 Å². The van der Waals surface area contributed by atoms with Gasteiger partial charge in [-0.15, -0.1) is 0 Å². The van der Waals surface area contributed by atoms with Crippen LogP contribution in [0.3, 0.4) is 0 Å². The first kappa shape index (κ1) is 20.3. The molecule has 3 aromatic heterocycles. The van der Waals surface area contributed by atoms with Crippen molar-refractivity contribution in [3.63, 3.8) is 0 Å². The van der Waals surface area contributed by atoms with Crippen LogP contribution in [0.1, 0.15) is 84.9 Å². The van der Waals surface area contributed by atoms with Gasteiger partial charge in [-0.2, -0.15) is 5.10 Å². The summed E-state index contributed by atoms with van der Waals surface area (Å²) in [6.07, 6.45) is 5.68. The van der Waals surface area contributed by atoms with Gasteiger partial charge in [-0.25, -0.2) is 9.67 Å². The summed E-state index contributed by atoms with van der Waals surface area (Å²) in [6.45, 7) is 8.26. The number of pyridine rings is 2. The zero-order valence-corrected chi connectivity index (χ0v) is 18.1. The van der Waals surface area contributed by atoms with Gasteiger partial charge in [0.15, 0.2) is 5.65 Å². The molecular formula is C23H29N5O2. The van der Waals surface area contributed by atoms with E-state index in [2.05, 4.69) is 36.2 Å². The van der Waals surface area contributed by atoms with Crippen LogP contribution in [0.4, 0.5) is 0 Å². The molecule has 158 valence electrons. The maximum Gasteiger partial charge on any atom is 0.253 e. The number of aromatic amines is 1. The van der Waals surface area contributed by atoms with E-state index >= 15 is 0 Å². The van der Waals surface area contributed by atoms with E-state index in [0.717, 1.165) is 53.7 Å². The second-order valence-corrected chi connectivity index (χ2v) is 8.51. The van der Waals surface area contributed by atoms with E-state index in [1.807, 2.05) is 23.7 Å². The molecule has 1 amide bonds. The summed E-state index contributed by atoms with van der Waals surface area (Å²) in [6, 6.07) is 4.05. The average Bonchev–Trinajstić information content (AvgIpc) is 3.45. The standard InChI is InChI=1S/C23H29N5O2/c1-5-6-16-9-14(4)26-23(30)18(16)11-24-22(29)17-10-20(15-7-8-15)27-21-19(17)12-25-28(21)13(2)3/h9-10,12-13,15H,5-8,11H2,1-4H3,(H,24,29)(H,26,30). The Kier molecular flexibility index (Phi) is 5.45. The van der Waals surface area contributed by atoms with Crippen molar-refractivity contribution < 1.29 is 4.79 Å². The molecule has 0 aliphatic heterocycles. The molecule has 7 nitrogen and oxygen atoms in total. The second-order valence-electron chi connectivity index (χ2n) is 8.51. The number of carbonyl (C=O) groups excluding carboxylic acids is 1. The predicted octanol–water partition coefficient (Wildman–Crippen LogP) is 3.77. The molecule has 30 heavy (non-hydrogen) atoms. The van der Waals surface area contributed by atoms with E-state index in [1.54, 1.807) is 6.20 Å². The topological polar surface area (TPSA) is 92.7 Å². The number of carbonyl (C=O) groups is 1. The highest BCUT2D eigenvalue weighted by molar-refractivity contribution is 6.05. The molecule has 0 unspecified atom stereocenters. The highest BCUT2D eigenvalue weighted by atomic mass is 16.1. The van der Waals surface area contributed by atoms with Gasteiger partial charge < -0.3 is 10.3 Å². The van der Waals surface area contributed by atoms with Crippen LogP contribution >= 0.6 is 0 Å². The lowest BCUT2D eigenvalue weighted by atomic mass is 10.0. The van der Waals surface area contributed by atoms with Crippen LogP contribution in [0, 0.1) is 6.92 Å². The van der Waals surface area contributed by atoms with Crippen LogP contribution in [-0.4, -0.2) is 25.7 Å². The molecule has 0 radical (unpaired) electrons. The van der Waals surface area contributed by atoms with Gasteiger partial charge in [0.2, 0.25) is 0 Å². The first-order valence-electron chi connectivity index (χ1n) is 10.8. The molecule has 1 aliphatic carbocycles. The van der Waals surface area contributed by atoms with Crippen LogP contribution in [0.15, 0.2) is 23.1 Å². The molecule has 0 bridgehead atoms. The molecule has 3 heterocycles. The fraction of sp³-hybridized carbons (Fsp3) is 0.478. The third-order valence-corrected chi connectivity index (χ3v) is 5.62. The molecule has 1 aliphatic rings. The molecule has 2 N–H and O–H groups in total. The largest absolute Gasteiger partial charge is 0.348 e. The first-order valence-corrected chi connectivity index (χ1v) is 10.8. The summed E-state index contributed by atoms with van der Waals surface area (Å²) in [5, 5.41) is 8.17. The Balaban J connectivity index is 1.67. The number of rotatable bonds is 7. The van der Waals surface area contributed by atoms with Crippen molar-refractivity contribution >= 4 is 16.9 Å². The summed E-state index contributed by atoms with van der Waals surface area (Å²) >= 11 is 0. The predicted molar refractivity (Wildman–Crippen MR) is 117 cm³/mol. The van der Waals surface area contributed by atoms with Gasteiger partial charge in [0.25, 0.3) is 11.5 Å². The van der Waals surface area contributed by atoms with E-state index < -0.39 is 0 Å². The van der Waals surface area contributed by atoms with Crippen molar-refractivity contribution in [3.8, 4) is 0 Å². The quantitative estimate of drug-likeness (QED) is 0.623. The summed E-state index contributed by atoms with van der Waals surface area (Å²) in [5.74, 6) is 0.225. The Morgan fingerprint density at radius 3 is 2.77 bits per heavy atom. The van der Waals surface area contributed by atoms with Crippen molar-refractivity contribution in [2.24, 2.45) is 0 Å². The monoisotopic (exact) mass is 407 g/mol. The molecule has 0 saturated heterocycles. The first-order chi connectivity index (χ1) is 14.4. The van der Waals surface area contributed by atoms with Gasteiger partial charge in [-0.3, -0.25) is 9.59 Å². The summed E-state index contributed by atoms with van der Waals surface area (Å²) in [5.41, 5.74) is 4.60. The third-order valence-electron chi connectivity index (χ3n) is 5.62. The third kappa shape index (κ3) is 3.88. The minimum absolute atomic E-state index is 0.134. The van der Waals surface area contributed by atoms with Gasteiger partial charge in [0.1, 0.15) is 0 Å². The molecular weight excluding hydrogens is 378 g/mol. The molecule has 0 atom stereocenters. The Labute approximate surface area is 175 Å². The van der Waals surface area contributed by atoms with Crippen LogP contribution < -0.4 is 10.9 Å². The summed E-state index contributed by atoms with van der Waals surface area (Å²) < 4.78 is 1.86. The van der Waals surface area contributed by atoms with Crippen LogP contribution in [-0.2, 0) is 13.0 Å². The number of aromatic nitrogens is 4. The highest BCUT2D eigenvalue weighted by Crippen LogP contribution is 2.40. The Morgan fingerprint density at radius 1 is 1.33 bits per heavy atom. The second kappa shape index (κ2) is 8.05. The minimum atomic E-state index is -0.199. The molecule has 0 aromatic carbocycles. The molecule has 0 spiro atoms. The number of nitrogens with zero attached hydrogens (tertiary/aromatic N) is 3. The fourth-order valence-corrected chi connectivity index (χ4v) is 3.93. The number of fused-ring (bicyclic) bond motifs is 1. The van der Waals surface area contributed by atoms with Gasteiger partial charge in [0, 0.05) is 35.5 Å². The van der Waals surface area contributed by atoms with Crippen molar-refractivity contribution in [1.82, 2.24) is 25.1 Å². The van der Waals surface area contributed by atoms with E-state index in [1.165, 1.54) is 0 Å². The molecule has 7 heteroatoms. The van der Waals surface area contributed by atoms with E-state index in [-0.39, 0.29) is 24.1 Å². The van der Waals surface area contributed by atoms with Crippen molar-refractivity contribution in [2.75, 3.05) is 0 Å². The number of amides is 1. The van der Waals surface area contributed by atoms with Crippen molar-refractivity contribution in [2.45, 2.75) is 71.9 Å². The van der Waals surface area contributed by atoms with E-state index in [0.29, 0.717) is 17.0 Å². The maximum absolute atomic E-state index is 13.2. The van der Waals surface area contributed by atoms with E-state index in [9.17, 15) is 9.59 Å². The number of hydrogen-bond donors (Lipinski definition) is 2. The van der Waals surface area contributed by atoms with Crippen LogP contribution in [0.5, 0.6) is 0 Å². The molecule has 3 aromatic rings. The van der Waals surface area contributed by atoms with Gasteiger partial charge >= 0.3 is 0 Å². The van der Waals surface area contributed by atoms with Crippen molar-refractivity contribution in [1.29, 1.82) is 0 Å². The smallest absolute Gasteiger partial charge is 0.253 e. The van der Waals surface area contributed by atoms with Gasteiger partial charge in [-0.1, -0.05) is 13.3 Å². The van der Waals surface area contributed by atoms with Crippen molar-refractivity contribution in [3.05, 3.63) is 56.8 Å². The zero-order valence-electron chi connectivity index (χ0n) is 18.1. The fourth-order valence-electron chi connectivity index (χ4n) is 3.93. The average molecular weight is 408 g/mol. The molecule has 1 saturated carbocycles. The SMILES string of the molecule is CCCc1cc(C)[nH]c(=O)c1CNC(=O)c1cc(C2CC2)nc2c1cnn2C(C)C. The normalized spacial score (nSPS) is 13.9. The molecule has 1 fully saturated rings. The Hall–Kier alpha value is -2.96. The molecule has 4 rings (SSSR count). The number of H-pyrrole nitrogens is 1. The summed E-state index contributed by atoms with van der Waals surface area (Å²) in [4.78, 5) is 33.3. The number of nitrogens with one attached hydrogen (secondary N) is 2.